The number of aryl methyl sites for hydroxylation is 1. The van der Waals surface area contributed by atoms with Gasteiger partial charge in [-0.15, -0.1) is 0 Å². The van der Waals surface area contributed by atoms with Gasteiger partial charge < -0.3 is 5.32 Å². The highest BCUT2D eigenvalue weighted by Crippen LogP contribution is 2.21. The van der Waals surface area contributed by atoms with Crippen molar-refractivity contribution in [1.82, 2.24) is 5.32 Å². The van der Waals surface area contributed by atoms with Gasteiger partial charge in [-0.2, -0.15) is 0 Å². The fourth-order valence-corrected chi connectivity index (χ4v) is 2.28. The monoisotopic (exact) mass is 266 g/mol. The number of fused-ring (bicyclic) bond motifs is 1. The lowest BCUT2D eigenvalue weighted by atomic mass is 10.1. The fourth-order valence-electron chi connectivity index (χ4n) is 2.28. The van der Waals surface area contributed by atoms with Gasteiger partial charge in [-0.3, -0.25) is 14.9 Å². The highest BCUT2D eigenvalue weighted by molar-refractivity contribution is 6.21. The lowest BCUT2D eigenvalue weighted by Crippen LogP contribution is -2.19. The molecule has 0 atom stereocenters. The van der Waals surface area contributed by atoms with Gasteiger partial charge in [0.1, 0.15) is 0 Å². The molecule has 2 aromatic carbocycles. The van der Waals surface area contributed by atoms with Gasteiger partial charge in [0, 0.05) is 12.2 Å². The van der Waals surface area contributed by atoms with Gasteiger partial charge in [0.2, 0.25) is 0 Å². The Bertz CT molecular complexity index is 707. The zero-order valence-electron chi connectivity index (χ0n) is 11.1. The van der Waals surface area contributed by atoms with Crippen molar-refractivity contribution in [3.05, 3.63) is 64.7 Å². The van der Waals surface area contributed by atoms with E-state index in [-0.39, 0.29) is 11.8 Å². The summed E-state index contributed by atoms with van der Waals surface area (Å²) in [5.74, 6) is -0.653. The highest BCUT2D eigenvalue weighted by atomic mass is 16.2. The zero-order chi connectivity index (χ0) is 14.1. The maximum atomic E-state index is 11.6. The van der Waals surface area contributed by atoms with E-state index in [1.165, 1.54) is 11.1 Å². The summed E-state index contributed by atoms with van der Waals surface area (Å²) in [6, 6.07) is 13.3. The van der Waals surface area contributed by atoms with Crippen molar-refractivity contribution in [1.29, 1.82) is 0 Å². The first-order valence-corrected chi connectivity index (χ1v) is 6.43. The predicted molar refractivity (Wildman–Crippen MR) is 76.7 cm³/mol. The van der Waals surface area contributed by atoms with Gasteiger partial charge in [-0.25, -0.2) is 0 Å². The molecule has 4 nitrogen and oxygen atoms in total. The maximum absolute atomic E-state index is 11.6. The molecule has 4 heteroatoms. The van der Waals surface area contributed by atoms with Crippen LogP contribution in [-0.2, 0) is 6.54 Å². The number of carbonyl (C=O) groups excluding carboxylic acids is 2. The Morgan fingerprint density at radius 3 is 2.55 bits per heavy atom. The summed E-state index contributed by atoms with van der Waals surface area (Å²) in [6.45, 7) is 2.74. The largest absolute Gasteiger partial charge is 0.381 e. The number of amides is 2. The number of nitrogens with one attached hydrogen (secondary N) is 2. The molecule has 0 unspecified atom stereocenters. The topological polar surface area (TPSA) is 58.2 Å². The van der Waals surface area contributed by atoms with E-state index in [1.807, 2.05) is 18.2 Å². The van der Waals surface area contributed by atoms with Crippen LogP contribution in [0.1, 0.15) is 31.8 Å². The van der Waals surface area contributed by atoms with Crippen molar-refractivity contribution in [2.75, 3.05) is 5.32 Å². The van der Waals surface area contributed by atoms with Gasteiger partial charge in [0.15, 0.2) is 0 Å². The van der Waals surface area contributed by atoms with Crippen molar-refractivity contribution in [2.24, 2.45) is 0 Å². The molecule has 0 radical (unpaired) electrons. The molecule has 1 heterocycles. The fraction of sp³-hybridized carbons (Fsp3) is 0.125. The molecule has 1 aliphatic rings. The third-order valence-corrected chi connectivity index (χ3v) is 3.48. The number of carbonyl (C=O) groups is 2. The normalized spacial score (nSPS) is 13.1. The Hall–Kier alpha value is -2.62. The smallest absolute Gasteiger partial charge is 0.259 e. The maximum Gasteiger partial charge on any atom is 0.259 e. The van der Waals surface area contributed by atoms with Crippen molar-refractivity contribution in [3.63, 3.8) is 0 Å². The van der Waals surface area contributed by atoms with Crippen LogP contribution >= 0.6 is 0 Å². The van der Waals surface area contributed by atoms with Crippen LogP contribution in [0.4, 0.5) is 5.69 Å². The molecule has 20 heavy (non-hydrogen) atoms. The molecule has 0 aromatic heterocycles. The van der Waals surface area contributed by atoms with Crippen LogP contribution < -0.4 is 10.6 Å². The SMILES string of the molecule is Cc1ccccc1CNc1ccc2c(c1)C(=O)NC2=O. The molecule has 0 saturated heterocycles. The van der Waals surface area contributed by atoms with Crippen molar-refractivity contribution in [3.8, 4) is 0 Å². The Kier molecular flexibility index (Phi) is 2.99. The molecule has 0 saturated carbocycles. The summed E-state index contributed by atoms with van der Waals surface area (Å²) >= 11 is 0. The quantitative estimate of drug-likeness (QED) is 0.839. The van der Waals surface area contributed by atoms with E-state index in [2.05, 4.69) is 29.7 Å². The first kappa shape index (κ1) is 12.4. The molecule has 1 aliphatic heterocycles. The second kappa shape index (κ2) is 4.81. The summed E-state index contributed by atoms with van der Waals surface area (Å²) in [6.07, 6.45) is 0. The van der Waals surface area contributed by atoms with Gasteiger partial charge in [0.05, 0.1) is 11.1 Å². The number of benzene rings is 2. The van der Waals surface area contributed by atoms with E-state index >= 15 is 0 Å². The number of hydrogen-bond acceptors (Lipinski definition) is 3. The molecule has 2 amide bonds. The van der Waals surface area contributed by atoms with Crippen molar-refractivity contribution in [2.45, 2.75) is 13.5 Å². The van der Waals surface area contributed by atoms with Crippen molar-refractivity contribution >= 4 is 17.5 Å². The van der Waals surface area contributed by atoms with Crippen LogP contribution in [0.25, 0.3) is 0 Å². The molecule has 0 spiro atoms. The number of anilines is 1. The minimum atomic E-state index is -0.329. The Balaban J connectivity index is 1.80. The molecule has 3 rings (SSSR count). The summed E-state index contributed by atoms with van der Waals surface area (Å²) < 4.78 is 0. The van der Waals surface area contributed by atoms with Crippen LogP contribution in [0.3, 0.4) is 0 Å². The minimum absolute atomic E-state index is 0.324. The average molecular weight is 266 g/mol. The Morgan fingerprint density at radius 2 is 1.75 bits per heavy atom. The molecule has 0 fully saturated rings. The summed E-state index contributed by atoms with van der Waals surface area (Å²) in [5.41, 5.74) is 4.13. The second-order valence-corrected chi connectivity index (χ2v) is 4.82. The predicted octanol–water partition coefficient (Wildman–Crippen LogP) is 2.49. The standard InChI is InChI=1S/C16H14N2O2/c1-10-4-2-3-5-11(10)9-17-12-6-7-13-14(8-12)16(20)18-15(13)19/h2-8,17H,9H2,1H3,(H,18,19,20). The Morgan fingerprint density at radius 1 is 1.00 bits per heavy atom. The molecular formula is C16H14N2O2. The number of hydrogen-bond donors (Lipinski definition) is 2. The van der Waals surface area contributed by atoms with Crippen LogP contribution in [0.2, 0.25) is 0 Å². The summed E-state index contributed by atoms with van der Waals surface area (Å²) in [7, 11) is 0. The summed E-state index contributed by atoms with van der Waals surface area (Å²) in [4.78, 5) is 23.1. The van der Waals surface area contributed by atoms with Gasteiger partial charge in [-0.1, -0.05) is 24.3 Å². The van der Waals surface area contributed by atoms with Crippen LogP contribution in [0.15, 0.2) is 42.5 Å². The van der Waals surface area contributed by atoms with Crippen LogP contribution in [0, 0.1) is 6.92 Å². The van der Waals surface area contributed by atoms with Gasteiger partial charge in [-0.05, 0) is 36.2 Å². The van der Waals surface area contributed by atoms with E-state index in [9.17, 15) is 9.59 Å². The van der Waals surface area contributed by atoms with Gasteiger partial charge in [0.25, 0.3) is 11.8 Å². The van der Waals surface area contributed by atoms with E-state index in [4.69, 9.17) is 0 Å². The van der Waals surface area contributed by atoms with Crippen molar-refractivity contribution < 1.29 is 9.59 Å². The van der Waals surface area contributed by atoms with Crippen LogP contribution in [0.5, 0.6) is 0 Å². The number of rotatable bonds is 3. The molecule has 0 aliphatic carbocycles. The zero-order valence-corrected chi connectivity index (χ0v) is 11.1. The minimum Gasteiger partial charge on any atom is -0.381 e. The van der Waals surface area contributed by atoms with Gasteiger partial charge >= 0.3 is 0 Å². The number of imide groups is 1. The lowest BCUT2D eigenvalue weighted by Gasteiger charge is -2.09. The third-order valence-electron chi connectivity index (χ3n) is 3.48. The van der Waals surface area contributed by atoms with Crippen LogP contribution in [-0.4, -0.2) is 11.8 Å². The lowest BCUT2D eigenvalue weighted by molar-refractivity contribution is 0.0879. The first-order chi connectivity index (χ1) is 9.65. The molecular weight excluding hydrogens is 252 g/mol. The Labute approximate surface area is 116 Å². The molecule has 2 N–H and O–H groups in total. The molecule has 100 valence electrons. The average Bonchev–Trinajstić information content (AvgIpc) is 2.73. The first-order valence-electron chi connectivity index (χ1n) is 6.43. The third kappa shape index (κ3) is 2.16. The highest BCUT2D eigenvalue weighted by Gasteiger charge is 2.26. The summed E-state index contributed by atoms with van der Waals surface area (Å²) in [5, 5.41) is 5.56. The van der Waals surface area contributed by atoms with E-state index < -0.39 is 0 Å². The van der Waals surface area contributed by atoms with E-state index in [1.54, 1.807) is 12.1 Å². The molecule has 0 bridgehead atoms. The van der Waals surface area contributed by atoms with E-state index in [0.29, 0.717) is 17.7 Å². The second-order valence-electron chi connectivity index (χ2n) is 4.82. The van der Waals surface area contributed by atoms with E-state index in [0.717, 1.165) is 5.69 Å². The molecule has 2 aromatic rings.